The number of rotatable bonds is 6. The van der Waals surface area contributed by atoms with Gasteiger partial charge in [0.25, 0.3) is 5.91 Å². The fraction of sp³-hybridized carbons (Fsp3) is 0.348. The number of halogens is 1. The van der Waals surface area contributed by atoms with Crippen molar-refractivity contribution < 1.29 is 14.3 Å². The van der Waals surface area contributed by atoms with Gasteiger partial charge in [0, 0.05) is 21.0 Å². The molecule has 0 bridgehead atoms. The first-order chi connectivity index (χ1) is 15.6. The Morgan fingerprint density at radius 2 is 2.03 bits per heavy atom. The van der Waals surface area contributed by atoms with Gasteiger partial charge in [-0.05, 0) is 36.8 Å². The molecule has 2 aromatic carbocycles. The molecule has 7 nitrogen and oxygen atoms in total. The van der Waals surface area contributed by atoms with Gasteiger partial charge in [0.05, 0.1) is 5.36 Å². The Bertz CT molecular complexity index is 1220. The van der Waals surface area contributed by atoms with E-state index in [1.807, 2.05) is 36.4 Å². The zero-order valence-electron chi connectivity index (χ0n) is 17.6. The third-order valence-electron chi connectivity index (χ3n) is 5.50. The van der Waals surface area contributed by atoms with Crippen LogP contribution in [0.4, 0.5) is 0 Å². The highest BCUT2D eigenvalue weighted by atomic mass is 79.9. The van der Waals surface area contributed by atoms with E-state index < -0.39 is 6.17 Å². The maximum absolute atomic E-state index is 13.2. The molecular weight excluding hydrogens is 492 g/mol. The number of unbranched alkanes of at least 4 members (excludes halogenated alkanes) is 3. The summed E-state index contributed by atoms with van der Waals surface area (Å²) in [6, 6.07) is 11.5. The number of ether oxygens (including phenoxy) is 2. The second kappa shape index (κ2) is 9.15. The van der Waals surface area contributed by atoms with E-state index in [1.54, 1.807) is 16.8 Å². The summed E-state index contributed by atoms with van der Waals surface area (Å²) in [5.74, 6) is 2.13. The van der Waals surface area contributed by atoms with Gasteiger partial charge in [-0.15, -0.1) is 5.10 Å². The number of benzene rings is 2. The number of fused-ring (bicyclic) bond motifs is 3. The van der Waals surface area contributed by atoms with Crippen molar-refractivity contribution in [3.05, 3.63) is 57.0 Å². The highest BCUT2D eigenvalue weighted by molar-refractivity contribution is 9.10. The van der Waals surface area contributed by atoms with Crippen molar-refractivity contribution in [1.82, 2.24) is 10.3 Å². The van der Waals surface area contributed by atoms with Gasteiger partial charge >= 0.3 is 0 Å². The Hall–Kier alpha value is -2.52. The van der Waals surface area contributed by atoms with Crippen LogP contribution in [0.25, 0.3) is 5.70 Å². The molecule has 1 N–H and O–H groups in total. The van der Waals surface area contributed by atoms with Crippen LogP contribution in [0, 0.1) is 0 Å². The van der Waals surface area contributed by atoms with Crippen molar-refractivity contribution in [3.8, 4) is 11.5 Å². The fourth-order valence-corrected chi connectivity index (χ4v) is 5.12. The normalized spacial score (nSPS) is 18.5. The molecular formula is C23H23BrN4O3S. The molecule has 0 aliphatic carbocycles. The predicted molar refractivity (Wildman–Crippen MR) is 128 cm³/mol. The molecule has 0 radical (unpaired) electrons. The standard InChI is InChI=1S/C23H23BrN4O3S/c1-2-3-4-5-10-32-23-26-22(29)20-16-12-15(24)7-8-17(16)25-21(28(20)27-23)14-6-9-18-19(11-14)31-13-30-18/h6-9,11-12,21H,2-5,10,13H2,1H3,(H,26,27,29)/t21-/m1/s1. The Labute approximate surface area is 198 Å². The SMILES string of the molecule is CCCCCCSC1=NN2C(=c3cc(Br)ccc3=N[C@H]2c2ccc3c(c2)OCO3)C(=O)N1. The van der Waals surface area contributed by atoms with Gasteiger partial charge in [-0.2, -0.15) is 0 Å². The average Bonchev–Trinajstić information content (AvgIpc) is 3.26. The third-order valence-corrected chi connectivity index (χ3v) is 6.94. The summed E-state index contributed by atoms with van der Waals surface area (Å²) in [5, 5.41) is 11.6. The fourth-order valence-electron chi connectivity index (χ4n) is 3.90. The van der Waals surface area contributed by atoms with Gasteiger partial charge in [-0.1, -0.05) is 59.9 Å². The lowest BCUT2D eigenvalue weighted by atomic mass is 10.1. The van der Waals surface area contributed by atoms with Gasteiger partial charge in [-0.3, -0.25) is 15.1 Å². The number of hydrogen-bond donors (Lipinski definition) is 1. The number of hydrogen-bond acceptors (Lipinski definition) is 7. The van der Waals surface area contributed by atoms with E-state index >= 15 is 0 Å². The molecule has 0 saturated heterocycles. The largest absolute Gasteiger partial charge is 0.454 e. The van der Waals surface area contributed by atoms with Crippen LogP contribution in [0.2, 0.25) is 0 Å². The summed E-state index contributed by atoms with van der Waals surface area (Å²) in [5.41, 5.74) is 1.38. The number of amides is 1. The first kappa shape index (κ1) is 21.3. The minimum atomic E-state index is -0.477. The van der Waals surface area contributed by atoms with E-state index in [2.05, 4.69) is 28.2 Å². The topological polar surface area (TPSA) is 75.5 Å². The lowest BCUT2D eigenvalue weighted by Crippen LogP contribution is -2.50. The predicted octanol–water partition coefficient (Wildman–Crippen LogP) is 3.63. The van der Waals surface area contributed by atoms with E-state index in [0.717, 1.165) is 32.8 Å². The van der Waals surface area contributed by atoms with Crippen LogP contribution < -0.4 is 25.4 Å². The smallest absolute Gasteiger partial charge is 0.276 e. The molecule has 0 spiro atoms. The monoisotopic (exact) mass is 514 g/mol. The van der Waals surface area contributed by atoms with Crippen LogP contribution in [-0.2, 0) is 4.79 Å². The van der Waals surface area contributed by atoms with Crippen LogP contribution in [0.1, 0.15) is 44.3 Å². The van der Waals surface area contributed by atoms with Crippen LogP contribution in [0.15, 0.2) is 51.0 Å². The second-order valence-electron chi connectivity index (χ2n) is 7.74. The van der Waals surface area contributed by atoms with Crippen molar-refractivity contribution in [2.24, 2.45) is 10.1 Å². The lowest BCUT2D eigenvalue weighted by molar-refractivity contribution is -0.116. The van der Waals surface area contributed by atoms with Crippen LogP contribution >= 0.6 is 27.7 Å². The highest BCUT2D eigenvalue weighted by Crippen LogP contribution is 2.38. The number of carbonyl (C=O) groups is 1. The number of amidine groups is 1. The Morgan fingerprint density at radius 3 is 2.91 bits per heavy atom. The minimum Gasteiger partial charge on any atom is -0.454 e. The van der Waals surface area contributed by atoms with Crippen molar-refractivity contribution >= 4 is 44.5 Å². The van der Waals surface area contributed by atoms with E-state index in [4.69, 9.17) is 19.6 Å². The van der Waals surface area contributed by atoms with Crippen LogP contribution in [0.3, 0.4) is 0 Å². The van der Waals surface area contributed by atoms with Gasteiger partial charge in [-0.25, -0.2) is 5.01 Å². The van der Waals surface area contributed by atoms with Crippen molar-refractivity contribution in [1.29, 1.82) is 0 Å². The van der Waals surface area contributed by atoms with E-state index in [0.29, 0.717) is 22.4 Å². The van der Waals surface area contributed by atoms with E-state index in [-0.39, 0.29) is 12.7 Å². The molecule has 0 aromatic heterocycles. The molecule has 3 aliphatic heterocycles. The number of thioether (sulfide) groups is 1. The van der Waals surface area contributed by atoms with Gasteiger partial charge in [0.1, 0.15) is 5.70 Å². The molecule has 3 aliphatic rings. The Kier molecular flexibility index (Phi) is 6.10. The number of hydrazone groups is 1. The number of nitrogens with zero attached hydrogens (tertiary/aromatic N) is 3. The molecule has 32 heavy (non-hydrogen) atoms. The quantitative estimate of drug-likeness (QED) is 0.595. The summed E-state index contributed by atoms with van der Waals surface area (Å²) in [7, 11) is 0. The molecule has 1 atom stereocenters. The van der Waals surface area contributed by atoms with E-state index in [9.17, 15) is 4.79 Å². The molecule has 2 aromatic rings. The Morgan fingerprint density at radius 1 is 1.16 bits per heavy atom. The zero-order valence-corrected chi connectivity index (χ0v) is 20.0. The van der Waals surface area contributed by atoms with Gasteiger partial charge < -0.3 is 9.47 Å². The number of nitrogens with one attached hydrogen (secondary N) is 1. The lowest BCUT2D eigenvalue weighted by Gasteiger charge is -2.34. The third kappa shape index (κ3) is 4.11. The minimum absolute atomic E-state index is 0.170. The summed E-state index contributed by atoms with van der Waals surface area (Å²) in [6.45, 7) is 2.40. The molecule has 166 valence electrons. The van der Waals surface area contributed by atoms with Crippen molar-refractivity contribution in [2.75, 3.05) is 12.5 Å². The van der Waals surface area contributed by atoms with E-state index in [1.165, 1.54) is 19.3 Å². The van der Waals surface area contributed by atoms with Crippen molar-refractivity contribution in [3.63, 3.8) is 0 Å². The summed E-state index contributed by atoms with van der Waals surface area (Å²) in [6.07, 6.45) is 4.22. The van der Waals surface area contributed by atoms with Crippen LogP contribution in [0.5, 0.6) is 11.5 Å². The first-order valence-corrected chi connectivity index (χ1v) is 12.5. The molecule has 9 heteroatoms. The highest BCUT2D eigenvalue weighted by Gasteiger charge is 2.35. The molecule has 0 fully saturated rings. The number of carbonyl (C=O) groups excluding carboxylic acids is 1. The zero-order chi connectivity index (χ0) is 22.1. The summed E-state index contributed by atoms with van der Waals surface area (Å²) in [4.78, 5) is 18.2. The molecule has 3 heterocycles. The maximum Gasteiger partial charge on any atom is 0.276 e. The second-order valence-corrected chi connectivity index (χ2v) is 9.74. The average molecular weight is 515 g/mol. The Balaban J connectivity index is 1.54. The summed E-state index contributed by atoms with van der Waals surface area (Å²) < 4.78 is 11.9. The van der Waals surface area contributed by atoms with Gasteiger partial charge in [0.2, 0.25) is 6.79 Å². The van der Waals surface area contributed by atoms with Crippen molar-refractivity contribution in [2.45, 2.75) is 38.8 Å². The summed E-state index contributed by atoms with van der Waals surface area (Å²) >= 11 is 5.09. The van der Waals surface area contributed by atoms with Gasteiger partial charge in [0.15, 0.2) is 22.8 Å². The maximum atomic E-state index is 13.2. The van der Waals surface area contributed by atoms with Crippen LogP contribution in [-0.4, -0.2) is 28.6 Å². The first-order valence-electron chi connectivity index (χ1n) is 10.7. The molecule has 1 amide bonds. The molecule has 0 saturated carbocycles. The molecule has 5 rings (SSSR count). The molecule has 0 unspecified atom stereocenters.